The zero-order valence-corrected chi connectivity index (χ0v) is 9.63. The van der Waals surface area contributed by atoms with Crippen LogP contribution in [0.3, 0.4) is 0 Å². The molecule has 1 amide bonds. The SMILES string of the molecule is NC(=O)c1ncc2cc(-c3ccc(F)cc3)oc2n1. The lowest BCUT2D eigenvalue weighted by atomic mass is 10.1. The van der Waals surface area contributed by atoms with E-state index in [0.29, 0.717) is 16.7 Å². The van der Waals surface area contributed by atoms with Gasteiger partial charge in [-0.15, -0.1) is 0 Å². The minimum absolute atomic E-state index is 0.104. The molecule has 0 spiro atoms. The van der Waals surface area contributed by atoms with Crippen LogP contribution < -0.4 is 5.73 Å². The van der Waals surface area contributed by atoms with Crippen LogP contribution in [-0.2, 0) is 0 Å². The first kappa shape index (κ1) is 11.3. The Labute approximate surface area is 106 Å². The molecule has 2 aromatic heterocycles. The molecule has 3 aromatic rings. The molecule has 94 valence electrons. The van der Waals surface area contributed by atoms with Crippen LogP contribution in [0, 0.1) is 5.82 Å². The molecule has 0 aliphatic heterocycles. The standard InChI is InChI=1S/C13H8FN3O2/c14-9-3-1-7(2-4-9)10-5-8-6-16-12(11(15)18)17-13(8)19-10/h1-6H,(H2,15,18). The highest BCUT2D eigenvalue weighted by Crippen LogP contribution is 2.26. The predicted octanol–water partition coefficient (Wildman–Crippen LogP) is 2.13. The molecule has 6 heteroatoms. The number of rotatable bonds is 2. The number of hydrogen-bond acceptors (Lipinski definition) is 4. The molecule has 5 nitrogen and oxygen atoms in total. The van der Waals surface area contributed by atoms with Crippen molar-refractivity contribution in [2.24, 2.45) is 5.73 Å². The number of hydrogen-bond donors (Lipinski definition) is 1. The summed E-state index contributed by atoms with van der Waals surface area (Å²) >= 11 is 0. The number of fused-ring (bicyclic) bond motifs is 1. The Morgan fingerprint density at radius 2 is 2.00 bits per heavy atom. The molecule has 0 atom stereocenters. The Kier molecular flexibility index (Phi) is 2.49. The van der Waals surface area contributed by atoms with E-state index in [1.807, 2.05) is 0 Å². The molecule has 0 radical (unpaired) electrons. The minimum Gasteiger partial charge on any atom is -0.438 e. The maximum absolute atomic E-state index is 12.8. The van der Waals surface area contributed by atoms with Crippen molar-refractivity contribution in [3.63, 3.8) is 0 Å². The Balaban J connectivity index is 2.11. The van der Waals surface area contributed by atoms with E-state index in [-0.39, 0.29) is 17.4 Å². The van der Waals surface area contributed by atoms with Crippen LogP contribution in [-0.4, -0.2) is 15.9 Å². The van der Waals surface area contributed by atoms with E-state index in [1.165, 1.54) is 18.3 Å². The lowest BCUT2D eigenvalue weighted by molar-refractivity contribution is 0.0990. The molecular weight excluding hydrogens is 249 g/mol. The fourth-order valence-electron chi connectivity index (χ4n) is 1.71. The van der Waals surface area contributed by atoms with Gasteiger partial charge in [-0.25, -0.2) is 9.37 Å². The van der Waals surface area contributed by atoms with Crippen molar-refractivity contribution in [2.45, 2.75) is 0 Å². The molecule has 0 saturated heterocycles. The summed E-state index contributed by atoms with van der Waals surface area (Å²) in [5.41, 5.74) is 6.07. The molecule has 3 rings (SSSR count). The van der Waals surface area contributed by atoms with E-state index in [0.717, 1.165) is 0 Å². The molecule has 0 saturated carbocycles. The highest BCUT2D eigenvalue weighted by atomic mass is 19.1. The highest BCUT2D eigenvalue weighted by Gasteiger charge is 2.11. The van der Waals surface area contributed by atoms with Crippen LogP contribution in [0.15, 0.2) is 40.9 Å². The van der Waals surface area contributed by atoms with Gasteiger partial charge in [0.2, 0.25) is 11.5 Å². The van der Waals surface area contributed by atoms with Crippen molar-refractivity contribution in [3.8, 4) is 11.3 Å². The average molecular weight is 257 g/mol. The zero-order chi connectivity index (χ0) is 13.4. The fraction of sp³-hybridized carbons (Fsp3) is 0. The van der Waals surface area contributed by atoms with Crippen LogP contribution in [0.1, 0.15) is 10.6 Å². The largest absolute Gasteiger partial charge is 0.438 e. The van der Waals surface area contributed by atoms with E-state index >= 15 is 0 Å². The number of carbonyl (C=O) groups excluding carboxylic acids is 1. The summed E-state index contributed by atoms with van der Waals surface area (Å²) in [6.45, 7) is 0. The van der Waals surface area contributed by atoms with Gasteiger partial charge >= 0.3 is 0 Å². The molecule has 0 aliphatic carbocycles. The van der Waals surface area contributed by atoms with Gasteiger partial charge in [-0.3, -0.25) is 4.79 Å². The van der Waals surface area contributed by atoms with Gasteiger partial charge in [-0.2, -0.15) is 4.98 Å². The van der Waals surface area contributed by atoms with Gasteiger partial charge in [0.25, 0.3) is 5.91 Å². The van der Waals surface area contributed by atoms with Gasteiger partial charge in [0.05, 0.1) is 5.39 Å². The summed E-state index contributed by atoms with van der Waals surface area (Å²) in [5.74, 6) is -0.629. The van der Waals surface area contributed by atoms with Gasteiger partial charge in [0.1, 0.15) is 11.6 Å². The second-order valence-corrected chi connectivity index (χ2v) is 3.94. The average Bonchev–Trinajstić information content (AvgIpc) is 2.82. The summed E-state index contributed by atoms with van der Waals surface area (Å²) in [6.07, 6.45) is 1.46. The maximum Gasteiger partial charge on any atom is 0.286 e. The maximum atomic E-state index is 12.8. The number of amides is 1. The van der Waals surface area contributed by atoms with Crippen molar-refractivity contribution >= 4 is 17.0 Å². The summed E-state index contributed by atoms with van der Waals surface area (Å²) in [4.78, 5) is 18.7. The second-order valence-electron chi connectivity index (χ2n) is 3.94. The lowest BCUT2D eigenvalue weighted by Crippen LogP contribution is -2.14. The molecular formula is C13H8FN3O2. The number of carbonyl (C=O) groups is 1. The fourth-order valence-corrected chi connectivity index (χ4v) is 1.71. The number of halogens is 1. The van der Waals surface area contributed by atoms with E-state index in [9.17, 15) is 9.18 Å². The minimum atomic E-state index is -0.721. The van der Waals surface area contributed by atoms with Crippen molar-refractivity contribution < 1.29 is 13.6 Å². The Morgan fingerprint density at radius 1 is 1.26 bits per heavy atom. The van der Waals surface area contributed by atoms with Gasteiger partial charge in [-0.1, -0.05) is 0 Å². The third kappa shape index (κ3) is 2.03. The van der Waals surface area contributed by atoms with Gasteiger partial charge in [-0.05, 0) is 30.3 Å². The summed E-state index contributed by atoms with van der Waals surface area (Å²) < 4.78 is 18.3. The quantitative estimate of drug-likeness (QED) is 0.762. The van der Waals surface area contributed by atoms with Crippen LogP contribution in [0.25, 0.3) is 22.4 Å². The third-order valence-corrected chi connectivity index (χ3v) is 2.62. The summed E-state index contributed by atoms with van der Waals surface area (Å²) in [7, 11) is 0. The molecule has 19 heavy (non-hydrogen) atoms. The van der Waals surface area contributed by atoms with E-state index < -0.39 is 5.91 Å². The molecule has 0 fully saturated rings. The van der Waals surface area contributed by atoms with E-state index in [1.54, 1.807) is 18.2 Å². The van der Waals surface area contributed by atoms with Crippen LogP contribution >= 0.6 is 0 Å². The zero-order valence-electron chi connectivity index (χ0n) is 9.63. The molecule has 0 unspecified atom stereocenters. The summed E-state index contributed by atoms with van der Waals surface area (Å²) in [5, 5.41) is 0.643. The molecule has 2 heterocycles. The Hall–Kier alpha value is -2.76. The number of benzene rings is 1. The van der Waals surface area contributed by atoms with Crippen molar-refractivity contribution in [1.82, 2.24) is 9.97 Å². The van der Waals surface area contributed by atoms with Crippen molar-refractivity contribution in [1.29, 1.82) is 0 Å². The van der Waals surface area contributed by atoms with Gasteiger partial charge in [0.15, 0.2) is 0 Å². The normalized spacial score (nSPS) is 10.8. The lowest BCUT2D eigenvalue weighted by Gasteiger charge is -1.95. The van der Waals surface area contributed by atoms with Gasteiger partial charge in [0, 0.05) is 11.8 Å². The first-order valence-electron chi connectivity index (χ1n) is 5.46. The third-order valence-electron chi connectivity index (χ3n) is 2.62. The number of primary amides is 1. The molecule has 0 bridgehead atoms. The Bertz CT molecular complexity index is 765. The summed E-state index contributed by atoms with van der Waals surface area (Å²) in [6, 6.07) is 7.57. The number of furan rings is 1. The van der Waals surface area contributed by atoms with Gasteiger partial charge < -0.3 is 10.2 Å². The number of aromatic nitrogens is 2. The first-order chi connectivity index (χ1) is 9.13. The van der Waals surface area contributed by atoms with Crippen LogP contribution in [0.5, 0.6) is 0 Å². The first-order valence-corrected chi connectivity index (χ1v) is 5.46. The van der Waals surface area contributed by atoms with Crippen LogP contribution in [0.2, 0.25) is 0 Å². The smallest absolute Gasteiger partial charge is 0.286 e. The Morgan fingerprint density at radius 3 is 2.68 bits per heavy atom. The highest BCUT2D eigenvalue weighted by molar-refractivity contribution is 5.91. The molecule has 2 N–H and O–H groups in total. The van der Waals surface area contributed by atoms with E-state index in [2.05, 4.69) is 9.97 Å². The molecule has 0 aliphatic rings. The topological polar surface area (TPSA) is 82.0 Å². The molecule has 1 aromatic carbocycles. The van der Waals surface area contributed by atoms with Crippen LogP contribution in [0.4, 0.5) is 4.39 Å². The number of nitrogens with zero attached hydrogens (tertiary/aromatic N) is 2. The van der Waals surface area contributed by atoms with E-state index in [4.69, 9.17) is 10.2 Å². The monoisotopic (exact) mass is 257 g/mol. The van der Waals surface area contributed by atoms with Crippen molar-refractivity contribution in [3.05, 3.63) is 48.2 Å². The van der Waals surface area contributed by atoms with Crippen molar-refractivity contribution in [2.75, 3.05) is 0 Å². The number of nitrogens with two attached hydrogens (primary N) is 1. The second kappa shape index (κ2) is 4.16. The predicted molar refractivity (Wildman–Crippen MR) is 65.7 cm³/mol.